The zero-order chi connectivity index (χ0) is 13.4. The number of aryl methyl sites for hydroxylation is 1. The van der Waals surface area contributed by atoms with E-state index >= 15 is 0 Å². The topological polar surface area (TPSA) is 29.3 Å². The van der Waals surface area contributed by atoms with Crippen LogP contribution in [0.2, 0.25) is 0 Å². The summed E-state index contributed by atoms with van der Waals surface area (Å²) in [5, 5.41) is 0. The number of benzene rings is 1. The molecule has 2 N–H and O–H groups in total. The predicted molar refractivity (Wildman–Crippen MR) is 77.9 cm³/mol. The zero-order valence-electron chi connectivity index (χ0n) is 11.7. The van der Waals surface area contributed by atoms with Crippen LogP contribution >= 0.6 is 0 Å². The molecule has 1 saturated carbocycles. The first-order valence-electron chi connectivity index (χ1n) is 7.49. The van der Waals surface area contributed by atoms with Crippen LogP contribution in [0.15, 0.2) is 12.1 Å². The summed E-state index contributed by atoms with van der Waals surface area (Å²) in [6, 6.07) is 4.04. The van der Waals surface area contributed by atoms with Crippen LogP contribution in [0.25, 0.3) is 0 Å². The molecule has 2 fully saturated rings. The van der Waals surface area contributed by atoms with Gasteiger partial charge >= 0.3 is 0 Å². The Labute approximate surface area is 114 Å². The van der Waals surface area contributed by atoms with Gasteiger partial charge in [0.1, 0.15) is 5.82 Å². The Morgan fingerprint density at radius 2 is 1.89 bits per heavy atom. The molecule has 0 unspecified atom stereocenters. The Morgan fingerprint density at radius 3 is 2.74 bits per heavy atom. The predicted octanol–water partition coefficient (Wildman–Crippen LogP) is 3.88. The number of piperidine rings is 1. The number of hydrogen-bond donors (Lipinski definition) is 1. The number of rotatable bonds is 1. The summed E-state index contributed by atoms with van der Waals surface area (Å²) in [6.45, 7) is 2.89. The highest BCUT2D eigenvalue weighted by Gasteiger charge is 2.34. The molecule has 1 aromatic rings. The van der Waals surface area contributed by atoms with Crippen LogP contribution in [0.3, 0.4) is 0 Å². The summed E-state index contributed by atoms with van der Waals surface area (Å²) in [5.41, 5.74) is 8.40. The summed E-state index contributed by atoms with van der Waals surface area (Å²) >= 11 is 0. The number of nitrogens with two attached hydrogens (primary N) is 1. The van der Waals surface area contributed by atoms with Gasteiger partial charge in [0.25, 0.3) is 0 Å². The maximum absolute atomic E-state index is 13.6. The van der Waals surface area contributed by atoms with E-state index in [0.717, 1.165) is 18.2 Å². The fourth-order valence-corrected chi connectivity index (χ4v) is 3.85. The van der Waals surface area contributed by atoms with Crippen LogP contribution in [-0.2, 0) is 0 Å². The molecule has 1 aliphatic heterocycles. The van der Waals surface area contributed by atoms with Gasteiger partial charge in [-0.25, -0.2) is 4.39 Å². The molecular formula is C16H23FN2. The van der Waals surface area contributed by atoms with Gasteiger partial charge in [-0.2, -0.15) is 0 Å². The highest BCUT2D eigenvalue weighted by atomic mass is 19.1. The molecule has 1 heterocycles. The number of halogens is 1. The van der Waals surface area contributed by atoms with Crippen LogP contribution in [0.1, 0.15) is 44.1 Å². The van der Waals surface area contributed by atoms with Crippen molar-refractivity contribution in [2.45, 2.75) is 51.5 Å². The van der Waals surface area contributed by atoms with Gasteiger partial charge in [-0.1, -0.05) is 12.8 Å². The third-order valence-electron chi connectivity index (χ3n) is 4.86. The Hall–Kier alpha value is -1.25. The molecule has 2 atom stereocenters. The van der Waals surface area contributed by atoms with Gasteiger partial charge in [0.15, 0.2) is 0 Å². The molecule has 1 saturated heterocycles. The molecule has 19 heavy (non-hydrogen) atoms. The van der Waals surface area contributed by atoms with E-state index in [9.17, 15) is 4.39 Å². The van der Waals surface area contributed by atoms with E-state index in [1.807, 2.05) is 13.0 Å². The maximum atomic E-state index is 13.6. The number of hydrogen-bond acceptors (Lipinski definition) is 2. The van der Waals surface area contributed by atoms with Crippen LogP contribution in [0.4, 0.5) is 15.8 Å². The minimum atomic E-state index is -0.196. The van der Waals surface area contributed by atoms with Crippen molar-refractivity contribution in [2.24, 2.45) is 5.92 Å². The summed E-state index contributed by atoms with van der Waals surface area (Å²) < 4.78 is 13.6. The normalized spacial score (nSPS) is 27.2. The van der Waals surface area contributed by atoms with Crippen LogP contribution in [0.5, 0.6) is 0 Å². The third-order valence-corrected chi connectivity index (χ3v) is 4.86. The second-order valence-corrected chi connectivity index (χ2v) is 6.11. The van der Waals surface area contributed by atoms with Crippen LogP contribution in [-0.4, -0.2) is 12.6 Å². The molecule has 0 spiro atoms. The molecule has 2 aliphatic rings. The maximum Gasteiger partial charge on any atom is 0.128 e. The highest BCUT2D eigenvalue weighted by molar-refractivity contribution is 5.69. The van der Waals surface area contributed by atoms with E-state index in [2.05, 4.69) is 4.90 Å². The van der Waals surface area contributed by atoms with Crippen LogP contribution in [0, 0.1) is 18.7 Å². The van der Waals surface area contributed by atoms with Crippen molar-refractivity contribution < 1.29 is 4.39 Å². The molecule has 2 nitrogen and oxygen atoms in total. The number of fused-ring (bicyclic) bond motifs is 1. The van der Waals surface area contributed by atoms with Crippen molar-refractivity contribution in [1.29, 1.82) is 0 Å². The highest BCUT2D eigenvalue weighted by Crippen LogP contribution is 2.40. The Balaban J connectivity index is 1.93. The van der Waals surface area contributed by atoms with Crippen molar-refractivity contribution in [3.05, 3.63) is 23.5 Å². The number of nitrogens with zero attached hydrogens (tertiary/aromatic N) is 1. The Bertz CT molecular complexity index is 470. The van der Waals surface area contributed by atoms with E-state index in [1.54, 1.807) is 0 Å². The molecule has 0 aromatic heterocycles. The van der Waals surface area contributed by atoms with E-state index in [-0.39, 0.29) is 5.82 Å². The number of nitrogen functional groups attached to an aromatic ring is 1. The second kappa shape index (κ2) is 5.03. The minimum Gasteiger partial charge on any atom is -0.397 e. The number of anilines is 2. The van der Waals surface area contributed by atoms with E-state index in [1.165, 1.54) is 44.6 Å². The zero-order valence-corrected chi connectivity index (χ0v) is 11.7. The van der Waals surface area contributed by atoms with Crippen molar-refractivity contribution in [3.63, 3.8) is 0 Å². The molecule has 0 amide bonds. The van der Waals surface area contributed by atoms with Gasteiger partial charge in [0, 0.05) is 12.6 Å². The summed E-state index contributed by atoms with van der Waals surface area (Å²) in [6.07, 6.45) is 7.88. The molecule has 104 valence electrons. The summed E-state index contributed by atoms with van der Waals surface area (Å²) in [5.74, 6) is 0.616. The molecule has 3 heteroatoms. The quantitative estimate of drug-likeness (QED) is 0.778. The van der Waals surface area contributed by atoms with Gasteiger partial charge in [-0.05, 0) is 56.2 Å². The van der Waals surface area contributed by atoms with Gasteiger partial charge in [-0.3, -0.25) is 0 Å². The minimum absolute atomic E-state index is 0.196. The van der Waals surface area contributed by atoms with Gasteiger partial charge in [0.05, 0.1) is 11.4 Å². The largest absolute Gasteiger partial charge is 0.397 e. The van der Waals surface area contributed by atoms with Gasteiger partial charge in [-0.15, -0.1) is 0 Å². The Kier molecular flexibility index (Phi) is 3.38. The monoisotopic (exact) mass is 262 g/mol. The van der Waals surface area contributed by atoms with E-state index < -0.39 is 0 Å². The van der Waals surface area contributed by atoms with Crippen molar-refractivity contribution >= 4 is 11.4 Å². The summed E-state index contributed by atoms with van der Waals surface area (Å²) in [4.78, 5) is 2.45. The van der Waals surface area contributed by atoms with Gasteiger partial charge in [0.2, 0.25) is 0 Å². The van der Waals surface area contributed by atoms with E-state index in [0.29, 0.717) is 17.3 Å². The molecule has 0 bridgehead atoms. The molecular weight excluding hydrogens is 239 g/mol. The van der Waals surface area contributed by atoms with Crippen molar-refractivity contribution in [3.8, 4) is 0 Å². The lowest BCUT2D eigenvalue weighted by Gasteiger charge is -2.46. The van der Waals surface area contributed by atoms with Crippen LogP contribution < -0.4 is 10.6 Å². The molecule has 1 aromatic carbocycles. The smallest absolute Gasteiger partial charge is 0.128 e. The average molecular weight is 262 g/mol. The summed E-state index contributed by atoms with van der Waals surface area (Å²) in [7, 11) is 0. The molecule has 0 radical (unpaired) electrons. The first kappa shape index (κ1) is 12.8. The third kappa shape index (κ3) is 2.31. The fraction of sp³-hybridized carbons (Fsp3) is 0.625. The first-order valence-corrected chi connectivity index (χ1v) is 7.49. The lowest BCUT2D eigenvalue weighted by Crippen LogP contribution is -2.47. The van der Waals surface area contributed by atoms with Gasteiger partial charge < -0.3 is 10.6 Å². The molecule has 1 aliphatic carbocycles. The fourth-order valence-electron chi connectivity index (χ4n) is 3.85. The standard InChI is InChI=1S/C16H23FN2/c1-11-9-16(14(18)10-13(11)17)19-8-4-6-12-5-2-3-7-15(12)19/h9-10,12,15H,2-8,18H2,1H3/t12-,15-/m1/s1. The lowest BCUT2D eigenvalue weighted by atomic mass is 9.78. The molecule has 3 rings (SSSR count). The van der Waals surface area contributed by atoms with E-state index in [4.69, 9.17) is 5.73 Å². The Morgan fingerprint density at radius 1 is 1.16 bits per heavy atom. The first-order chi connectivity index (χ1) is 9.16. The van der Waals surface area contributed by atoms with Crippen molar-refractivity contribution in [1.82, 2.24) is 0 Å². The average Bonchev–Trinajstić information content (AvgIpc) is 2.42. The van der Waals surface area contributed by atoms with Crippen molar-refractivity contribution in [2.75, 3.05) is 17.2 Å². The SMILES string of the molecule is Cc1cc(N2CCC[C@H]3CCCC[C@H]32)c(N)cc1F. The lowest BCUT2D eigenvalue weighted by molar-refractivity contribution is 0.244. The second-order valence-electron chi connectivity index (χ2n) is 6.11.